The van der Waals surface area contributed by atoms with E-state index in [0.717, 1.165) is 12.0 Å². The third kappa shape index (κ3) is 3.96. The fourth-order valence-corrected chi connectivity index (χ4v) is 2.89. The second-order valence-corrected chi connectivity index (χ2v) is 6.32. The van der Waals surface area contributed by atoms with E-state index >= 15 is 0 Å². The van der Waals surface area contributed by atoms with Crippen molar-refractivity contribution in [1.29, 1.82) is 0 Å². The van der Waals surface area contributed by atoms with Gasteiger partial charge in [0, 0.05) is 12.0 Å². The first-order chi connectivity index (χ1) is 12.1. The van der Waals surface area contributed by atoms with Crippen molar-refractivity contribution in [2.75, 3.05) is 20.3 Å². The molecule has 0 fully saturated rings. The summed E-state index contributed by atoms with van der Waals surface area (Å²) in [6.45, 7) is 1.18. The number of fused-ring (bicyclic) bond motifs is 1. The summed E-state index contributed by atoms with van der Waals surface area (Å²) < 4.78 is 16.8. The molecule has 2 aromatic rings. The Bertz CT molecular complexity index is 829. The Morgan fingerprint density at radius 3 is 2.72 bits per heavy atom. The van der Waals surface area contributed by atoms with E-state index in [1.54, 1.807) is 36.4 Å². The molecular formula is C19H17BrO5. The van der Waals surface area contributed by atoms with Gasteiger partial charge in [0.05, 0.1) is 24.8 Å². The largest absolute Gasteiger partial charge is 0.503 e. The van der Waals surface area contributed by atoms with Gasteiger partial charge in [0.15, 0.2) is 28.8 Å². The molecule has 0 atom stereocenters. The number of ketones is 1. The normalized spacial score (nSPS) is 13.5. The topological polar surface area (TPSA) is 65.0 Å². The van der Waals surface area contributed by atoms with E-state index in [0.29, 0.717) is 40.5 Å². The molecule has 0 aliphatic carbocycles. The lowest BCUT2D eigenvalue weighted by Crippen LogP contribution is -1.98. The molecule has 3 rings (SSSR count). The quantitative estimate of drug-likeness (QED) is 0.610. The summed E-state index contributed by atoms with van der Waals surface area (Å²) in [5.41, 5.74) is 1.24. The first-order valence-electron chi connectivity index (χ1n) is 7.77. The Balaban J connectivity index is 1.81. The number of methoxy groups -OCH3 is 1. The van der Waals surface area contributed by atoms with Gasteiger partial charge >= 0.3 is 0 Å². The van der Waals surface area contributed by atoms with Gasteiger partial charge in [-0.2, -0.15) is 0 Å². The van der Waals surface area contributed by atoms with Crippen molar-refractivity contribution in [3.63, 3.8) is 0 Å². The lowest BCUT2D eigenvalue weighted by atomic mass is 10.1. The SMILES string of the molecule is COc1cc(/C=C/C(=O)c2ccc3c(c2)OCCCO3)cc(Br)c1O. The predicted molar refractivity (Wildman–Crippen MR) is 97.8 cm³/mol. The fraction of sp³-hybridized carbons (Fsp3) is 0.211. The molecule has 1 N–H and O–H groups in total. The minimum atomic E-state index is -0.154. The maximum absolute atomic E-state index is 12.4. The number of halogens is 1. The third-order valence-electron chi connectivity index (χ3n) is 3.73. The second-order valence-electron chi connectivity index (χ2n) is 5.46. The van der Waals surface area contributed by atoms with Gasteiger partial charge in [-0.3, -0.25) is 4.79 Å². The van der Waals surface area contributed by atoms with Crippen LogP contribution in [0.4, 0.5) is 0 Å². The lowest BCUT2D eigenvalue weighted by Gasteiger charge is -2.08. The molecule has 1 aliphatic rings. The number of aromatic hydroxyl groups is 1. The highest BCUT2D eigenvalue weighted by atomic mass is 79.9. The van der Waals surface area contributed by atoms with Crippen molar-refractivity contribution in [3.05, 3.63) is 52.0 Å². The summed E-state index contributed by atoms with van der Waals surface area (Å²) in [7, 11) is 1.47. The molecule has 5 nitrogen and oxygen atoms in total. The zero-order chi connectivity index (χ0) is 17.8. The molecule has 1 heterocycles. The minimum Gasteiger partial charge on any atom is -0.503 e. The molecule has 130 valence electrons. The van der Waals surface area contributed by atoms with Crippen molar-refractivity contribution in [1.82, 2.24) is 0 Å². The van der Waals surface area contributed by atoms with Crippen molar-refractivity contribution in [3.8, 4) is 23.0 Å². The van der Waals surface area contributed by atoms with Crippen LogP contribution in [-0.4, -0.2) is 31.2 Å². The molecule has 0 saturated heterocycles. The van der Waals surface area contributed by atoms with Gasteiger partial charge in [0.25, 0.3) is 0 Å². The highest BCUT2D eigenvalue weighted by molar-refractivity contribution is 9.10. The maximum atomic E-state index is 12.4. The van der Waals surface area contributed by atoms with Crippen molar-refractivity contribution in [2.45, 2.75) is 6.42 Å². The summed E-state index contributed by atoms with van der Waals surface area (Å²) >= 11 is 3.26. The number of rotatable bonds is 4. The number of carbonyl (C=O) groups is 1. The Hall–Kier alpha value is -2.47. The summed E-state index contributed by atoms with van der Waals surface area (Å²) in [4.78, 5) is 12.4. The standard InChI is InChI=1S/C19H17BrO5/c1-23-18-10-12(9-14(20)19(18)22)3-5-15(21)13-4-6-16-17(11-13)25-8-2-7-24-16/h3-6,9-11,22H,2,7-8H2,1H3/b5-3+. The van der Waals surface area contributed by atoms with E-state index in [2.05, 4.69) is 15.9 Å². The van der Waals surface area contributed by atoms with Crippen LogP contribution in [0.1, 0.15) is 22.3 Å². The monoisotopic (exact) mass is 404 g/mol. The van der Waals surface area contributed by atoms with Gasteiger partial charge in [0.2, 0.25) is 0 Å². The summed E-state index contributed by atoms with van der Waals surface area (Å²) in [5, 5.41) is 9.82. The molecule has 0 radical (unpaired) electrons. The van der Waals surface area contributed by atoms with Crippen LogP contribution in [0.3, 0.4) is 0 Å². The average molecular weight is 405 g/mol. The van der Waals surface area contributed by atoms with Crippen LogP contribution >= 0.6 is 15.9 Å². The zero-order valence-corrected chi connectivity index (χ0v) is 15.2. The number of ether oxygens (including phenoxy) is 3. The molecule has 0 bridgehead atoms. The number of hydrogen-bond donors (Lipinski definition) is 1. The van der Waals surface area contributed by atoms with Crippen LogP contribution < -0.4 is 14.2 Å². The lowest BCUT2D eigenvalue weighted by molar-refractivity contribution is 0.104. The molecule has 2 aromatic carbocycles. The van der Waals surface area contributed by atoms with E-state index in [-0.39, 0.29) is 11.5 Å². The summed E-state index contributed by atoms with van der Waals surface area (Å²) in [6, 6.07) is 8.52. The second kappa shape index (κ2) is 7.61. The smallest absolute Gasteiger partial charge is 0.185 e. The number of phenols is 1. The minimum absolute atomic E-state index is 0.0221. The Labute approximate surface area is 154 Å². The third-order valence-corrected chi connectivity index (χ3v) is 4.33. The Morgan fingerprint density at radius 1 is 1.20 bits per heavy atom. The summed E-state index contributed by atoms with van der Waals surface area (Å²) in [6.07, 6.45) is 3.95. The molecule has 0 spiro atoms. The van der Waals surface area contributed by atoms with Gasteiger partial charge in [-0.25, -0.2) is 0 Å². The van der Waals surface area contributed by atoms with Gasteiger partial charge in [-0.15, -0.1) is 0 Å². The molecule has 0 saturated carbocycles. The van der Waals surface area contributed by atoms with Crippen LogP contribution in [0.2, 0.25) is 0 Å². The van der Waals surface area contributed by atoms with E-state index in [1.165, 1.54) is 13.2 Å². The van der Waals surface area contributed by atoms with Crippen molar-refractivity contribution in [2.24, 2.45) is 0 Å². The molecule has 25 heavy (non-hydrogen) atoms. The Morgan fingerprint density at radius 2 is 1.96 bits per heavy atom. The molecule has 0 unspecified atom stereocenters. The van der Waals surface area contributed by atoms with E-state index < -0.39 is 0 Å². The van der Waals surface area contributed by atoms with Crippen LogP contribution in [0.5, 0.6) is 23.0 Å². The highest BCUT2D eigenvalue weighted by Gasteiger charge is 2.13. The predicted octanol–water partition coefficient (Wildman–Crippen LogP) is 4.22. The van der Waals surface area contributed by atoms with Crippen LogP contribution in [0, 0.1) is 0 Å². The van der Waals surface area contributed by atoms with Crippen LogP contribution in [0.15, 0.2) is 40.9 Å². The van der Waals surface area contributed by atoms with E-state index in [4.69, 9.17) is 14.2 Å². The number of hydrogen-bond acceptors (Lipinski definition) is 5. The molecule has 0 aromatic heterocycles. The first-order valence-corrected chi connectivity index (χ1v) is 8.56. The number of phenolic OH excluding ortho intramolecular Hbond substituents is 1. The maximum Gasteiger partial charge on any atom is 0.185 e. The van der Waals surface area contributed by atoms with Gasteiger partial charge < -0.3 is 19.3 Å². The van der Waals surface area contributed by atoms with Crippen molar-refractivity contribution >= 4 is 27.8 Å². The molecular weight excluding hydrogens is 388 g/mol. The molecule has 6 heteroatoms. The van der Waals surface area contributed by atoms with E-state index in [9.17, 15) is 9.90 Å². The highest BCUT2D eigenvalue weighted by Crippen LogP contribution is 2.35. The van der Waals surface area contributed by atoms with Crippen molar-refractivity contribution < 1.29 is 24.1 Å². The zero-order valence-electron chi connectivity index (χ0n) is 13.6. The number of benzene rings is 2. The van der Waals surface area contributed by atoms with Crippen LogP contribution in [0.25, 0.3) is 6.08 Å². The summed E-state index contributed by atoms with van der Waals surface area (Å²) in [5.74, 6) is 1.45. The van der Waals surface area contributed by atoms with Gasteiger partial charge in [-0.1, -0.05) is 6.08 Å². The number of carbonyl (C=O) groups excluding carboxylic acids is 1. The fourth-order valence-electron chi connectivity index (χ4n) is 2.43. The first kappa shape index (κ1) is 17.4. The van der Waals surface area contributed by atoms with Gasteiger partial charge in [0.1, 0.15) is 0 Å². The van der Waals surface area contributed by atoms with Gasteiger partial charge in [-0.05, 0) is 57.9 Å². The molecule has 1 aliphatic heterocycles. The van der Waals surface area contributed by atoms with Crippen LogP contribution in [-0.2, 0) is 0 Å². The average Bonchev–Trinajstić information content (AvgIpc) is 2.86. The Kier molecular flexibility index (Phi) is 5.28. The molecule has 0 amide bonds. The number of allylic oxidation sites excluding steroid dienone is 1. The van der Waals surface area contributed by atoms with E-state index in [1.807, 2.05) is 0 Å².